The second kappa shape index (κ2) is 19.7. The van der Waals surface area contributed by atoms with E-state index in [4.69, 9.17) is 0 Å². The Balaban J connectivity index is 1.66. The number of ketones is 6. The van der Waals surface area contributed by atoms with Gasteiger partial charge in [-0.25, -0.2) is 0 Å². The molecule has 4 unspecified atom stereocenters. The quantitative estimate of drug-likeness (QED) is 0.121. The minimum atomic E-state index is -0.832. The average Bonchev–Trinajstić information content (AvgIpc) is 3.60. The van der Waals surface area contributed by atoms with Gasteiger partial charge in [-0.15, -0.1) is 0 Å². The Bertz CT molecular complexity index is 1570. The fraction of sp³-hybridized carbons (Fsp3) is 0.568. The Morgan fingerprint density at radius 3 is 2.08 bits per heavy atom. The van der Waals surface area contributed by atoms with Crippen molar-refractivity contribution in [2.75, 3.05) is 6.54 Å². The maximum absolute atomic E-state index is 14.1. The summed E-state index contributed by atoms with van der Waals surface area (Å²) in [6.07, 6.45) is 2.54. The van der Waals surface area contributed by atoms with Crippen LogP contribution < -0.4 is 0 Å². The number of rotatable bonds is 21. The number of carbonyl (C=O) groups excluding carboxylic acids is 7. The predicted molar refractivity (Wildman–Crippen MR) is 203 cm³/mol. The Hall–Kier alpha value is -4.07. The van der Waals surface area contributed by atoms with Crippen molar-refractivity contribution in [3.05, 3.63) is 71.3 Å². The number of hydrogen-bond acceptors (Lipinski definition) is 7. The zero-order valence-electron chi connectivity index (χ0n) is 32.4. The molecule has 1 saturated heterocycles. The zero-order chi connectivity index (χ0) is 38.6. The summed E-state index contributed by atoms with van der Waals surface area (Å²) >= 11 is 0. The van der Waals surface area contributed by atoms with E-state index < -0.39 is 40.8 Å². The lowest BCUT2D eigenvalue weighted by atomic mass is 9.76. The molecule has 1 fully saturated rings. The number of aryl methyl sites for hydroxylation is 1. The van der Waals surface area contributed by atoms with Gasteiger partial charge in [0.25, 0.3) is 0 Å². The zero-order valence-corrected chi connectivity index (χ0v) is 32.4. The number of carbonyl (C=O) groups is 7. The van der Waals surface area contributed by atoms with Crippen LogP contribution in [0.4, 0.5) is 0 Å². The van der Waals surface area contributed by atoms with Crippen molar-refractivity contribution in [1.29, 1.82) is 0 Å². The number of nitrogens with zero attached hydrogens (tertiary/aromatic N) is 1. The molecule has 8 nitrogen and oxygen atoms in total. The highest BCUT2D eigenvalue weighted by atomic mass is 16.2. The third-order valence-corrected chi connectivity index (χ3v) is 10.4. The van der Waals surface area contributed by atoms with Gasteiger partial charge in [0.05, 0.1) is 6.04 Å². The van der Waals surface area contributed by atoms with Gasteiger partial charge in [-0.2, -0.15) is 0 Å². The van der Waals surface area contributed by atoms with E-state index in [1.807, 2.05) is 89.2 Å². The van der Waals surface area contributed by atoms with Crippen molar-refractivity contribution < 1.29 is 33.6 Å². The molecule has 0 N–H and O–H groups in total. The van der Waals surface area contributed by atoms with Gasteiger partial charge in [0.1, 0.15) is 17.3 Å². The molecule has 0 spiro atoms. The topological polar surface area (TPSA) is 123 Å². The minimum absolute atomic E-state index is 0.0384. The molecule has 1 aliphatic rings. The molecule has 8 heteroatoms. The fourth-order valence-electron chi connectivity index (χ4n) is 7.12. The third kappa shape index (κ3) is 12.3. The van der Waals surface area contributed by atoms with Crippen LogP contribution in [0.5, 0.6) is 0 Å². The molecule has 0 saturated carbocycles. The Kier molecular flexibility index (Phi) is 16.0. The van der Waals surface area contributed by atoms with Gasteiger partial charge in [-0.1, -0.05) is 115 Å². The highest BCUT2D eigenvalue weighted by Gasteiger charge is 2.42. The summed E-state index contributed by atoms with van der Waals surface area (Å²) in [4.78, 5) is 95.4. The Morgan fingerprint density at radius 1 is 0.827 bits per heavy atom. The Labute approximate surface area is 310 Å². The minimum Gasteiger partial charge on any atom is -0.332 e. The van der Waals surface area contributed by atoms with E-state index in [2.05, 4.69) is 0 Å². The summed E-state index contributed by atoms with van der Waals surface area (Å²) in [5.41, 5.74) is 2.22. The van der Waals surface area contributed by atoms with Crippen molar-refractivity contribution >= 4 is 40.6 Å². The maximum atomic E-state index is 14.1. The summed E-state index contributed by atoms with van der Waals surface area (Å²) in [7, 11) is 0. The first-order chi connectivity index (χ1) is 24.5. The molecule has 0 bridgehead atoms. The van der Waals surface area contributed by atoms with E-state index in [9.17, 15) is 33.6 Å². The monoisotopic (exact) mass is 713 g/mol. The van der Waals surface area contributed by atoms with Crippen LogP contribution in [-0.4, -0.2) is 58.1 Å². The first-order valence-electron chi connectivity index (χ1n) is 19.1. The van der Waals surface area contributed by atoms with Gasteiger partial charge >= 0.3 is 0 Å². The second-order valence-electron chi connectivity index (χ2n) is 16.1. The molecular formula is C44H59NO7. The SMILES string of the molecule is CCCCC(CC(=O)C1CCCN1C(=O)C(CC(=O)Cc1ccc(C)cc1)C(C)(C)C)C(=O)C(=O)CCC(=O)CC(C(=O)C(C)C)c1ccccc1. The highest BCUT2D eigenvalue weighted by Crippen LogP contribution is 2.34. The number of unbranched alkanes of at least 4 members (excludes halogenated alkanes) is 1. The number of Topliss-reactive ketones (excluding diaryl/α,β-unsaturated/α-hetero) is 6. The van der Waals surface area contributed by atoms with E-state index in [0.29, 0.717) is 32.2 Å². The standard InChI is InChI=1S/C44H59NO7/c1-8-9-14-33(42(51)39(48)23-22-34(46)27-36(41(50)29(2)3)32-15-11-10-12-16-32)26-40(49)38-17-13-24-45(38)43(52)37(44(5,6)7)28-35(47)25-31-20-18-30(4)19-21-31/h10-12,15-16,18-21,29,33,36-38H,8-9,13-14,17,22-28H2,1-7H3. The van der Waals surface area contributed by atoms with Crippen LogP contribution in [0.1, 0.15) is 128 Å². The summed E-state index contributed by atoms with van der Waals surface area (Å²) in [5, 5.41) is 0. The van der Waals surface area contributed by atoms with Gasteiger partial charge in [-0.05, 0) is 42.7 Å². The lowest BCUT2D eigenvalue weighted by Gasteiger charge is -2.35. The van der Waals surface area contributed by atoms with Crippen LogP contribution in [0.15, 0.2) is 54.6 Å². The number of hydrogen-bond donors (Lipinski definition) is 0. The lowest BCUT2D eigenvalue weighted by molar-refractivity contribution is -0.146. The van der Waals surface area contributed by atoms with Gasteiger partial charge in [0, 0.05) is 68.7 Å². The summed E-state index contributed by atoms with van der Waals surface area (Å²) in [6, 6.07) is 16.2. The van der Waals surface area contributed by atoms with E-state index in [0.717, 1.165) is 23.1 Å². The molecule has 1 aliphatic heterocycles. The van der Waals surface area contributed by atoms with Gasteiger partial charge < -0.3 is 4.90 Å². The Morgan fingerprint density at radius 2 is 1.48 bits per heavy atom. The maximum Gasteiger partial charge on any atom is 0.227 e. The van der Waals surface area contributed by atoms with Crippen molar-refractivity contribution in [1.82, 2.24) is 4.90 Å². The first-order valence-corrected chi connectivity index (χ1v) is 19.1. The van der Waals surface area contributed by atoms with Crippen LogP contribution >= 0.6 is 0 Å². The van der Waals surface area contributed by atoms with E-state index in [-0.39, 0.29) is 73.5 Å². The van der Waals surface area contributed by atoms with E-state index >= 15 is 0 Å². The van der Waals surface area contributed by atoms with Crippen molar-refractivity contribution in [2.45, 2.75) is 131 Å². The summed E-state index contributed by atoms with van der Waals surface area (Å²) in [5.74, 6) is -4.51. The van der Waals surface area contributed by atoms with E-state index in [1.165, 1.54) is 0 Å². The normalized spacial score (nSPS) is 16.3. The summed E-state index contributed by atoms with van der Waals surface area (Å²) < 4.78 is 0. The molecule has 0 radical (unpaired) electrons. The fourth-order valence-corrected chi connectivity index (χ4v) is 7.12. The largest absolute Gasteiger partial charge is 0.332 e. The molecule has 282 valence electrons. The van der Waals surface area contributed by atoms with Crippen molar-refractivity contribution in [3.8, 4) is 0 Å². The molecule has 1 heterocycles. The molecule has 1 amide bonds. The van der Waals surface area contributed by atoms with E-state index in [1.54, 1.807) is 18.7 Å². The molecule has 52 heavy (non-hydrogen) atoms. The smallest absolute Gasteiger partial charge is 0.227 e. The number of benzene rings is 2. The van der Waals surface area contributed by atoms with Crippen LogP contribution in [0.2, 0.25) is 0 Å². The average molecular weight is 714 g/mol. The van der Waals surface area contributed by atoms with Crippen LogP contribution in [0.3, 0.4) is 0 Å². The molecule has 3 rings (SSSR count). The molecule has 0 aliphatic carbocycles. The molecule has 4 atom stereocenters. The predicted octanol–water partition coefficient (Wildman–Crippen LogP) is 7.80. The van der Waals surface area contributed by atoms with Gasteiger partial charge in [0.2, 0.25) is 11.7 Å². The summed E-state index contributed by atoms with van der Waals surface area (Å²) in [6.45, 7) is 13.7. The molecule has 2 aromatic rings. The molecule has 0 aromatic heterocycles. The van der Waals surface area contributed by atoms with Crippen molar-refractivity contribution in [2.24, 2.45) is 23.2 Å². The molecular weight excluding hydrogens is 654 g/mol. The van der Waals surface area contributed by atoms with Crippen LogP contribution in [-0.2, 0) is 40.0 Å². The van der Waals surface area contributed by atoms with Gasteiger partial charge in [-0.3, -0.25) is 33.6 Å². The van der Waals surface area contributed by atoms with Crippen molar-refractivity contribution in [3.63, 3.8) is 0 Å². The van der Waals surface area contributed by atoms with Crippen LogP contribution in [0.25, 0.3) is 0 Å². The third-order valence-electron chi connectivity index (χ3n) is 10.4. The second-order valence-corrected chi connectivity index (χ2v) is 16.1. The highest BCUT2D eigenvalue weighted by molar-refractivity contribution is 6.38. The first kappa shape index (κ1) is 42.3. The molecule has 2 aromatic carbocycles. The lowest BCUT2D eigenvalue weighted by Crippen LogP contribution is -2.47. The van der Waals surface area contributed by atoms with Crippen LogP contribution in [0, 0.1) is 30.1 Å². The number of amides is 1. The van der Waals surface area contributed by atoms with Gasteiger partial charge in [0.15, 0.2) is 11.6 Å². The number of likely N-dealkylation sites (tertiary alicyclic amines) is 1.